The smallest absolute Gasteiger partial charge is 0.456 e. The zero-order valence-corrected chi connectivity index (χ0v) is 29.5. The number of hydrogen-bond acceptors (Lipinski definition) is 8. The van der Waals surface area contributed by atoms with Gasteiger partial charge in [0, 0.05) is 48.2 Å². The summed E-state index contributed by atoms with van der Waals surface area (Å²) in [5.74, 6) is -6.31. The van der Waals surface area contributed by atoms with Crippen LogP contribution in [0.3, 0.4) is 0 Å². The third-order valence-corrected chi connectivity index (χ3v) is 8.34. The Balaban J connectivity index is 0.000000219. The fourth-order valence-corrected chi connectivity index (χ4v) is 5.63. The minimum atomic E-state index is -5.77. The number of aromatic nitrogens is 4. The number of rotatable bonds is 13. The standard InChI is InChI=1S/C19H17F6N3O2.C18H17F4N3O2/c20-12-3-5-16(30-10-18(21,22)19(23,24)25)14(9-12)11-2-4-13-15(8-11)28(6-1-7-29)27-17(13)26;19-12-3-5-16(27-10-18(20,21)22)14(9-12)11-2-4-13-15(8-11)25(6-1-7-26)24-17(13)23/h2-5,8-9,29H,1,6-7,10H2,(H2,26,27);2-5,8-9,26H,1,6-7,10H2,(H2,23,24). The van der Waals surface area contributed by atoms with Crippen LogP contribution in [0, 0.1) is 11.6 Å². The van der Waals surface area contributed by atoms with E-state index in [-0.39, 0.29) is 41.7 Å². The molecule has 0 aliphatic heterocycles. The quantitative estimate of drug-likeness (QED) is 0.0856. The lowest BCUT2D eigenvalue weighted by Gasteiger charge is -2.21. The Kier molecular flexibility index (Phi) is 12.8. The van der Waals surface area contributed by atoms with E-state index >= 15 is 0 Å². The van der Waals surface area contributed by atoms with Crippen molar-refractivity contribution in [2.75, 3.05) is 37.9 Å². The van der Waals surface area contributed by atoms with Gasteiger partial charge in [-0.3, -0.25) is 9.36 Å². The number of alkyl halides is 8. The van der Waals surface area contributed by atoms with Gasteiger partial charge in [-0.2, -0.15) is 45.3 Å². The first kappa shape index (κ1) is 42.4. The van der Waals surface area contributed by atoms with Crippen LogP contribution in [0.1, 0.15) is 12.8 Å². The number of aryl methyl sites for hydroxylation is 2. The highest BCUT2D eigenvalue weighted by Gasteiger charge is 2.58. The molecular formula is C37H34F10N6O4. The van der Waals surface area contributed by atoms with E-state index in [1.807, 2.05) is 0 Å². The third kappa shape index (κ3) is 10.2. The van der Waals surface area contributed by atoms with E-state index in [4.69, 9.17) is 31.2 Å². The highest BCUT2D eigenvalue weighted by Crippen LogP contribution is 2.39. The normalized spacial score (nSPS) is 12.2. The van der Waals surface area contributed by atoms with Crippen molar-refractivity contribution in [3.63, 3.8) is 0 Å². The number of halogens is 10. The van der Waals surface area contributed by atoms with Gasteiger partial charge in [-0.15, -0.1) is 0 Å². The lowest BCUT2D eigenvalue weighted by Crippen LogP contribution is -2.41. The number of fused-ring (bicyclic) bond motifs is 2. The second kappa shape index (κ2) is 17.2. The number of nitrogens with zero attached hydrogens (tertiary/aromatic N) is 4. The molecule has 306 valence electrons. The van der Waals surface area contributed by atoms with Crippen molar-refractivity contribution < 1.29 is 63.6 Å². The zero-order chi connectivity index (χ0) is 41.7. The number of aliphatic hydroxyl groups is 2. The maximum absolute atomic E-state index is 13.8. The van der Waals surface area contributed by atoms with Crippen LogP contribution in [0.15, 0.2) is 72.8 Å². The predicted molar refractivity (Wildman–Crippen MR) is 191 cm³/mol. The number of benzene rings is 4. The van der Waals surface area contributed by atoms with Crippen molar-refractivity contribution in [3.8, 4) is 33.8 Å². The fraction of sp³-hybridized carbons (Fsp3) is 0.297. The van der Waals surface area contributed by atoms with Gasteiger partial charge in [-0.1, -0.05) is 12.1 Å². The molecule has 6 N–H and O–H groups in total. The SMILES string of the molecule is Nc1nn(CCCO)c2cc(-c3cc(F)ccc3OCC(F)(F)C(F)(F)F)ccc12.Nc1nn(CCCO)c2cc(-c3cc(F)ccc3OCC(F)(F)F)ccc12. The van der Waals surface area contributed by atoms with Gasteiger partial charge < -0.3 is 31.2 Å². The molecule has 2 heterocycles. The molecule has 6 rings (SSSR count). The van der Waals surface area contributed by atoms with Crippen molar-refractivity contribution in [2.24, 2.45) is 0 Å². The Morgan fingerprint density at radius 2 is 1.00 bits per heavy atom. The lowest BCUT2D eigenvalue weighted by molar-refractivity contribution is -0.289. The first-order valence-corrected chi connectivity index (χ1v) is 16.9. The number of hydrogen-bond donors (Lipinski definition) is 4. The summed E-state index contributed by atoms with van der Waals surface area (Å²) in [6, 6.07) is 15.7. The van der Waals surface area contributed by atoms with E-state index in [0.29, 0.717) is 64.7 Å². The van der Waals surface area contributed by atoms with Crippen LogP contribution >= 0.6 is 0 Å². The zero-order valence-electron chi connectivity index (χ0n) is 29.5. The first-order valence-electron chi connectivity index (χ1n) is 16.9. The molecule has 0 aliphatic carbocycles. The van der Waals surface area contributed by atoms with Crippen molar-refractivity contribution in [1.29, 1.82) is 0 Å². The number of ether oxygens (including phenoxy) is 2. The second-order valence-electron chi connectivity index (χ2n) is 12.5. The molecule has 2 aromatic heterocycles. The van der Waals surface area contributed by atoms with E-state index in [2.05, 4.69) is 10.2 Å². The summed E-state index contributed by atoms with van der Waals surface area (Å²) in [5, 5.41) is 27.6. The van der Waals surface area contributed by atoms with Gasteiger partial charge in [0.2, 0.25) is 0 Å². The molecule has 57 heavy (non-hydrogen) atoms. The van der Waals surface area contributed by atoms with E-state index < -0.39 is 43.1 Å². The number of anilines is 2. The van der Waals surface area contributed by atoms with Crippen LogP contribution in [-0.4, -0.2) is 74.5 Å². The molecule has 0 spiro atoms. The summed E-state index contributed by atoms with van der Waals surface area (Å²) in [6.07, 6.45) is -9.43. The molecule has 0 saturated carbocycles. The molecule has 4 aromatic carbocycles. The van der Waals surface area contributed by atoms with Crippen LogP contribution in [-0.2, 0) is 13.1 Å². The Hall–Kier alpha value is -5.76. The summed E-state index contributed by atoms with van der Waals surface area (Å²) < 4.78 is 141. The van der Waals surface area contributed by atoms with Gasteiger partial charge in [-0.25, -0.2) is 8.78 Å². The molecular weight excluding hydrogens is 782 g/mol. The maximum atomic E-state index is 13.8. The Bertz CT molecular complexity index is 2330. The molecule has 0 fully saturated rings. The molecule has 6 aromatic rings. The molecule has 0 atom stereocenters. The largest absolute Gasteiger partial charge is 0.486 e. The van der Waals surface area contributed by atoms with Crippen LogP contribution in [0.2, 0.25) is 0 Å². The average molecular weight is 817 g/mol. The summed E-state index contributed by atoms with van der Waals surface area (Å²) in [4.78, 5) is 0. The highest BCUT2D eigenvalue weighted by molar-refractivity contribution is 5.94. The Labute approximate surface area is 316 Å². The van der Waals surface area contributed by atoms with E-state index in [0.717, 1.165) is 36.4 Å². The molecule has 0 unspecified atom stereocenters. The van der Waals surface area contributed by atoms with Crippen LogP contribution < -0.4 is 20.9 Å². The molecule has 0 saturated heterocycles. The third-order valence-electron chi connectivity index (χ3n) is 8.34. The lowest BCUT2D eigenvalue weighted by atomic mass is 10.0. The topological polar surface area (TPSA) is 147 Å². The monoisotopic (exact) mass is 816 g/mol. The summed E-state index contributed by atoms with van der Waals surface area (Å²) >= 11 is 0. The molecule has 10 nitrogen and oxygen atoms in total. The van der Waals surface area contributed by atoms with Gasteiger partial charge in [-0.05, 0) is 84.6 Å². The second-order valence-corrected chi connectivity index (χ2v) is 12.5. The average Bonchev–Trinajstić information content (AvgIpc) is 3.65. The summed E-state index contributed by atoms with van der Waals surface area (Å²) in [6.45, 7) is -2.79. The van der Waals surface area contributed by atoms with Crippen molar-refractivity contribution in [1.82, 2.24) is 19.6 Å². The van der Waals surface area contributed by atoms with Crippen molar-refractivity contribution in [3.05, 3.63) is 84.4 Å². The Morgan fingerprint density at radius 1 is 0.579 bits per heavy atom. The minimum Gasteiger partial charge on any atom is -0.486 e. The van der Waals surface area contributed by atoms with E-state index in [1.54, 1.807) is 35.0 Å². The van der Waals surface area contributed by atoms with Gasteiger partial charge in [0.05, 0.1) is 11.0 Å². The fourth-order valence-electron chi connectivity index (χ4n) is 5.63. The van der Waals surface area contributed by atoms with E-state index in [9.17, 15) is 43.9 Å². The molecule has 20 heteroatoms. The first-order chi connectivity index (χ1) is 26.8. The highest BCUT2D eigenvalue weighted by atomic mass is 19.4. The van der Waals surface area contributed by atoms with Crippen LogP contribution in [0.4, 0.5) is 55.5 Å². The van der Waals surface area contributed by atoms with Gasteiger partial charge in [0.1, 0.15) is 23.1 Å². The summed E-state index contributed by atoms with van der Waals surface area (Å²) in [5.41, 5.74) is 13.8. The predicted octanol–water partition coefficient (Wildman–Crippen LogP) is 8.13. The maximum Gasteiger partial charge on any atom is 0.456 e. The number of nitrogen functional groups attached to an aromatic ring is 2. The molecule has 0 amide bonds. The molecule has 0 aliphatic rings. The van der Waals surface area contributed by atoms with Crippen LogP contribution in [0.5, 0.6) is 11.5 Å². The summed E-state index contributed by atoms with van der Waals surface area (Å²) in [7, 11) is 0. The van der Waals surface area contributed by atoms with Gasteiger partial charge in [0.15, 0.2) is 24.8 Å². The van der Waals surface area contributed by atoms with Gasteiger partial charge >= 0.3 is 18.3 Å². The van der Waals surface area contributed by atoms with Crippen molar-refractivity contribution >= 4 is 33.4 Å². The molecule has 0 bridgehead atoms. The Morgan fingerprint density at radius 3 is 1.39 bits per heavy atom. The van der Waals surface area contributed by atoms with Crippen LogP contribution in [0.25, 0.3) is 44.1 Å². The number of nitrogens with two attached hydrogens (primary N) is 2. The van der Waals surface area contributed by atoms with E-state index in [1.165, 1.54) is 10.7 Å². The minimum absolute atomic E-state index is 0.0108. The van der Waals surface area contributed by atoms with Gasteiger partial charge in [0.25, 0.3) is 0 Å². The van der Waals surface area contributed by atoms with Crippen molar-refractivity contribution in [2.45, 2.75) is 44.2 Å². The molecule has 0 radical (unpaired) electrons. The number of aliphatic hydroxyl groups excluding tert-OH is 2.